The van der Waals surface area contributed by atoms with E-state index < -0.39 is 0 Å². The molecule has 0 spiro atoms. The van der Waals surface area contributed by atoms with Gasteiger partial charge in [0.25, 0.3) is 0 Å². The summed E-state index contributed by atoms with van der Waals surface area (Å²) in [7, 11) is 1.64. The fourth-order valence-corrected chi connectivity index (χ4v) is 2.45. The van der Waals surface area contributed by atoms with Crippen LogP contribution in [0, 0.1) is 0 Å². The minimum Gasteiger partial charge on any atom is -0.496 e. The fraction of sp³-hybridized carbons (Fsp3) is 0.158. The Labute approximate surface area is 135 Å². The second-order valence-electron chi connectivity index (χ2n) is 5.21. The summed E-state index contributed by atoms with van der Waals surface area (Å²) in [5.74, 6) is 0.721. The highest BCUT2D eigenvalue weighted by molar-refractivity contribution is 5.95. The predicted molar refractivity (Wildman–Crippen MR) is 92.7 cm³/mol. The van der Waals surface area contributed by atoms with E-state index in [-0.39, 0.29) is 5.91 Å². The van der Waals surface area contributed by atoms with Crippen LogP contribution in [-0.2, 0) is 4.79 Å². The first-order valence-corrected chi connectivity index (χ1v) is 7.55. The van der Waals surface area contributed by atoms with Gasteiger partial charge in [-0.25, -0.2) is 4.98 Å². The van der Waals surface area contributed by atoms with E-state index in [1.54, 1.807) is 7.11 Å². The molecule has 2 aromatic carbocycles. The number of hydrogen-bond donors (Lipinski definition) is 1. The van der Waals surface area contributed by atoms with Crippen molar-refractivity contribution >= 4 is 22.5 Å². The van der Waals surface area contributed by atoms with Crippen molar-refractivity contribution in [3.05, 3.63) is 54.6 Å². The summed E-state index contributed by atoms with van der Waals surface area (Å²) in [5, 5.41) is 3.74. The number of carbonyl (C=O) groups is 1. The quantitative estimate of drug-likeness (QED) is 0.783. The van der Waals surface area contributed by atoms with E-state index >= 15 is 0 Å². The third-order valence-corrected chi connectivity index (χ3v) is 3.67. The molecular weight excluding hydrogens is 288 g/mol. The number of fused-ring (bicyclic) bond motifs is 1. The van der Waals surface area contributed by atoms with Crippen molar-refractivity contribution in [2.75, 3.05) is 12.4 Å². The number of hydrogen-bond acceptors (Lipinski definition) is 3. The van der Waals surface area contributed by atoms with Gasteiger partial charge in [-0.3, -0.25) is 4.79 Å². The van der Waals surface area contributed by atoms with Crippen molar-refractivity contribution < 1.29 is 9.53 Å². The number of nitrogens with one attached hydrogen (secondary N) is 1. The van der Waals surface area contributed by atoms with Crippen LogP contribution >= 0.6 is 0 Å². The largest absolute Gasteiger partial charge is 0.496 e. The Morgan fingerprint density at radius 3 is 2.61 bits per heavy atom. The van der Waals surface area contributed by atoms with Crippen LogP contribution in [0.1, 0.15) is 13.3 Å². The SMILES string of the molecule is CCC(=O)Nc1ccc2nc(-c3ccccc3)cc(OC)c2c1. The molecule has 4 heteroatoms. The average molecular weight is 306 g/mol. The highest BCUT2D eigenvalue weighted by atomic mass is 16.5. The number of pyridine rings is 1. The second kappa shape index (κ2) is 6.48. The maximum absolute atomic E-state index is 11.6. The van der Waals surface area contributed by atoms with Gasteiger partial charge in [0, 0.05) is 29.1 Å². The van der Waals surface area contributed by atoms with Gasteiger partial charge >= 0.3 is 0 Å². The molecule has 1 N–H and O–H groups in total. The predicted octanol–water partition coefficient (Wildman–Crippen LogP) is 4.26. The molecule has 3 aromatic rings. The van der Waals surface area contributed by atoms with E-state index in [0.717, 1.165) is 33.6 Å². The van der Waals surface area contributed by atoms with E-state index in [1.807, 2.05) is 61.5 Å². The van der Waals surface area contributed by atoms with Crippen LogP contribution < -0.4 is 10.1 Å². The topological polar surface area (TPSA) is 51.2 Å². The molecule has 0 radical (unpaired) electrons. The first-order valence-electron chi connectivity index (χ1n) is 7.55. The van der Waals surface area contributed by atoms with Gasteiger partial charge in [-0.1, -0.05) is 37.3 Å². The Morgan fingerprint density at radius 2 is 1.91 bits per heavy atom. The molecule has 0 fully saturated rings. The zero-order chi connectivity index (χ0) is 16.2. The molecule has 23 heavy (non-hydrogen) atoms. The summed E-state index contributed by atoms with van der Waals surface area (Å²) >= 11 is 0. The van der Waals surface area contributed by atoms with E-state index in [0.29, 0.717) is 6.42 Å². The van der Waals surface area contributed by atoms with Gasteiger partial charge in [0.05, 0.1) is 18.3 Å². The van der Waals surface area contributed by atoms with Crippen molar-refractivity contribution in [2.45, 2.75) is 13.3 Å². The van der Waals surface area contributed by atoms with E-state index in [2.05, 4.69) is 5.32 Å². The van der Waals surface area contributed by atoms with Gasteiger partial charge in [0.15, 0.2) is 0 Å². The molecule has 3 rings (SSSR count). The summed E-state index contributed by atoms with van der Waals surface area (Å²) in [6.45, 7) is 1.82. The molecule has 0 saturated heterocycles. The number of anilines is 1. The zero-order valence-corrected chi connectivity index (χ0v) is 13.2. The molecule has 1 heterocycles. The lowest BCUT2D eigenvalue weighted by Crippen LogP contribution is -2.09. The zero-order valence-electron chi connectivity index (χ0n) is 13.2. The Balaban J connectivity index is 2.09. The molecule has 0 aliphatic carbocycles. The Bertz CT molecular complexity index is 845. The van der Waals surface area contributed by atoms with Crippen LogP contribution in [0.4, 0.5) is 5.69 Å². The molecule has 0 saturated carbocycles. The molecule has 4 nitrogen and oxygen atoms in total. The molecule has 0 aliphatic heterocycles. The fourth-order valence-electron chi connectivity index (χ4n) is 2.45. The summed E-state index contributed by atoms with van der Waals surface area (Å²) in [6, 6.07) is 17.5. The van der Waals surface area contributed by atoms with Crippen molar-refractivity contribution in [2.24, 2.45) is 0 Å². The Morgan fingerprint density at radius 1 is 1.13 bits per heavy atom. The molecule has 1 amide bonds. The molecule has 0 aliphatic rings. The standard InChI is InChI=1S/C19H18N2O2/c1-3-19(22)20-14-9-10-16-15(11-14)18(23-2)12-17(21-16)13-7-5-4-6-8-13/h4-12H,3H2,1-2H3,(H,20,22). The minimum atomic E-state index is -0.0165. The summed E-state index contributed by atoms with van der Waals surface area (Å²) in [5.41, 5.74) is 3.48. The average Bonchev–Trinajstić information content (AvgIpc) is 2.61. The van der Waals surface area contributed by atoms with Crippen molar-refractivity contribution in [1.82, 2.24) is 4.98 Å². The maximum Gasteiger partial charge on any atom is 0.224 e. The van der Waals surface area contributed by atoms with Crippen LogP contribution in [0.25, 0.3) is 22.2 Å². The number of aromatic nitrogens is 1. The van der Waals surface area contributed by atoms with E-state index in [4.69, 9.17) is 9.72 Å². The number of rotatable bonds is 4. The first-order chi connectivity index (χ1) is 11.2. The number of ether oxygens (including phenoxy) is 1. The monoisotopic (exact) mass is 306 g/mol. The Hall–Kier alpha value is -2.88. The van der Waals surface area contributed by atoms with Crippen molar-refractivity contribution in [3.63, 3.8) is 0 Å². The van der Waals surface area contributed by atoms with Gasteiger partial charge in [-0.2, -0.15) is 0 Å². The smallest absolute Gasteiger partial charge is 0.224 e. The molecule has 0 atom stereocenters. The minimum absolute atomic E-state index is 0.0165. The van der Waals surface area contributed by atoms with Crippen LogP contribution in [0.3, 0.4) is 0 Å². The van der Waals surface area contributed by atoms with E-state index in [9.17, 15) is 4.79 Å². The van der Waals surface area contributed by atoms with Crippen LogP contribution in [0.15, 0.2) is 54.6 Å². The highest BCUT2D eigenvalue weighted by Gasteiger charge is 2.09. The molecular formula is C19H18N2O2. The number of benzene rings is 2. The normalized spacial score (nSPS) is 10.5. The van der Waals surface area contributed by atoms with Crippen LogP contribution in [0.5, 0.6) is 5.75 Å². The molecule has 116 valence electrons. The third-order valence-electron chi connectivity index (χ3n) is 3.67. The Kier molecular flexibility index (Phi) is 4.24. The van der Waals surface area contributed by atoms with Crippen LogP contribution in [-0.4, -0.2) is 18.0 Å². The first kappa shape index (κ1) is 15.0. The summed E-state index contributed by atoms with van der Waals surface area (Å²) < 4.78 is 5.52. The van der Waals surface area contributed by atoms with E-state index in [1.165, 1.54) is 0 Å². The molecule has 0 bridgehead atoms. The lowest BCUT2D eigenvalue weighted by molar-refractivity contribution is -0.115. The van der Waals surface area contributed by atoms with Crippen molar-refractivity contribution in [1.29, 1.82) is 0 Å². The summed E-state index contributed by atoms with van der Waals surface area (Å²) in [6.07, 6.45) is 0.445. The van der Waals surface area contributed by atoms with Crippen molar-refractivity contribution in [3.8, 4) is 17.0 Å². The second-order valence-corrected chi connectivity index (χ2v) is 5.21. The van der Waals surface area contributed by atoms with Gasteiger partial charge in [-0.15, -0.1) is 0 Å². The lowest BCUT2D eigenvalue weighted by atomic mass is 10.1. The summed E-state index contributed by atoms with van der Waals surface area (Å²) in [4.78, 5) is 16.3. The van der Waals surface area contributed by atoms with Gasteiger partial charge in [0.2, 0.25) is 5.91 Å². The molecule has 0 unspecified atom stereocenters. The number of nitrogens with zero attached hydrogens (tertiary/aromatic N) is 1. The van der Waals surface area contributed by atoms with Crippen LogP contribution in [0.2, 0.25) is 0 Å². The van der Waals surface area contributed by atoms with Gasteiger partial charge in [0.1, 0.15) is 5.75 Å². The van der Waals surface area contributed by atoms with Gasteiger partial charge in [-0.05, 0) is 18.2 Å². The number of carbonyl (C=O) groups excluding carboxylic acids is 1. The lowest BCUT2D eigenvalue weighted by Gasteiger charge is -2.11. The number of methoxy groups -OCH3 is 1. The third kappa shape index (κ3) is 3.16. The maximum atomic E-state index is 11.6. The van der Waals surface area contributed by atoms with Gasteiger partial charge < -0.3 is 10.1 Å². The molecule has 1 aromatic heterocycles. The number of amides is 1. The highest BCUT2D eigenvalue weighted by Crippen LogP contribution is 2.31.